The number of anilines is 1. The molecule has 1 fully saturated rings. The van der Waals surface area contributed by atoms with Gasteiger partial charge in [-0.25, -0.2) is 0 Å². The van der Waals surface area contributed by atoms with Gasteiger partial charge in [-0.05, 0) is 36.4 Å². The molecule has 0 saturated carbocycles. The van der Waals surface area contributed by atoms with Crippen LogP contribution in [0.2, 0.25) is 0 Å². The lowest BCUT2D eigenvalue weighted by atomic mass is 9.94. The van der Waals surface area contributed by atoms with E-state index in [0.717, 1.165) is 0 Å². The Kier molecular flexibility index (Phi) is 7.49. The number of hydrogen-bond acceptors (Lipinski definition) is 7. The van der Waals surface area contributed by atoms with Crippen LogP contribution in [0.1, 0.15) is 16.1 Å². The number of para-hydroxylation sites is 1. The molecule has 1 atom stereocenters. The van der Waals surface area contributed by atoms with Crippen molar-refractivity contribution < 1.29 is 42.1 Å². The Morgan fingerprint density at radius 2 is 1.86 bits per heavy atom. The maximum Gasteiger partial charge on any atom is 0.471 e. The molecule has 216 valence electrons. The minimum Gasteiger partial charge on any atom is -0.489 e. The number of likely N-dealkylation sites (tertiary alicyclic amines) is 1. The molecule has 1 saturated heterocycles. The second-order valence-corrected chi connectivity index (χ2v) is 9.65. The highest BCUT2D eigenvalue weighted by molar-refractivity contribution is 6.03. The number of benzene rings is 2. The van der Waals surface area contributed by atoms with Gasteiger partial charge < -0.3 is 29.7 Å². The quantitative estimate of drug-likeness (QED) is 0.455. The number of β-amino-alcohol motifs (C(OH)–C–C–N with tert-alkyl or cyclic N) is 1. The predicted octanol–water partition coefficient (Wildman–Crippen LogP) is 2.51. The van der Waals surface area contributed by atoms with Gasteiger partial charge in [0.2, 0.25) is 0 Å². The highest BCUT2D eigenvalue weighted by Gasteiger charge is 2.51. The highest BCUT2D eigenvalue weighted by atomic mass is 19.4. The van der Waals surface area contributed by atoms with Gasteiger partial charge in [-0.15, -0.1) is 0 Å². The number of halogens is 3. The molecule has 5 rings (SSSR count). The van der Waals surface area contributed by atoms with Gasteiger partial charge in [-0.3, -0.25) is 19.4 Å². The molecule has 0 spiro atoms. The van der Waals surface area contributed by atoms with Gasteiger partial charge in [0.25, 0.3) is 11.8 Å². The van der Waals surface area contributed by atoms with Gasteiger partial charge in [-0.1, -0.05) is 30.0 Å². The van der Waals surface area contributed by atoms with E-state index in [1.807, 2.05) is 18.2 Å². The zero-order valence-electron chi connectivity index (χ0n) is 22.0. The molecule has 3 heterocycles. The minimum absolute atomic E-state index is 0.0302. The molecule has 1 unspecified atom stereocenters. The Labute approximate surface area is 237 Å². The zero-order valence-corrected chi connectivity index (χ0v) is 22.0. The Morgan fingerprint density at radius 1 is 1.12 bits per heavy atom. The van der Waals surface area contributed by atoms with Crippen LogP contribution in [0.15, 0.2) is 66.9 Å². The van der Waals surface area contributed by atoms with Gasteiger partial charge in [0.1, 0.15) is 35.6 Å². The molecular formula is C29H23F3N4O6. The van der Waals surface area contributed by atoms with Crippen LogP contribution in [-0.2, 0) is 9.59 Å². The van der Waals surface area contributed by atoms with Crippen molar-refractivity contribution in [3.8, 4) is 29.1 Å². The molecule has 2 aromatic carbocycles. The number of likely N-dealkylation sites (N-methyl/N-ethyl adjacent to an activating group) is 1. The number of aromatic nitrogens is 1. The van der Waals surface area contributed by atoms with Crippen molar-refractivity contribution in [1.82, 2.24) is 15.2 Å². The van der Waals surface area contributed by atoms with Crippen LogP contribution in [-0.4, -0.2) is 77.3 Å². The summed E-state index contributed by atoms with van der Waals surface area (Å²) in [4.78, 5) is 43.3. The average Bonchev–Trinajstić information content (AvgIpc) is 3.06. The molecule has 42 heavy (non-hydrogen) atoms. The monoisotopic (exact) mass is 580 g/mol. The predicted molar refractivity (Wildman–Crippen MR) is 142 cm³/mol. The summed E-state index contributed by atoms with van der Waals surface area (Å²) in [6, 6.07) is 15.6. The fourth-order valence-electron chi connectivity index (χ4n) is 4.31. The molecule has 1 aromatic heterocycles. The number of carbonyl (C=O) groups is 3. The molecule has 0 radical (unpaired) electrons. The van der Waals surface area contributed by atoms with E-state index in [-0.39, 0.29) is 12.3 Å². The van der Waals surface area contributed by atoms with Crippen molar-refractivity contribution in [3.63, 3.8) is 0 Å². The summed E-state index contributed by atoms with van der Waals surface area (Å²) < 4.78 is 49.2. The molecule has 3 amide bonds. The molecule has 2 aliphatic rings. The van der Waals surface area contributed by atoms with E-state index in [2.05, 4.69) is 22.1 Å². The second kappa shape index (κ2) is 11.1. The largest absolute Gasteiger partial charge is 0.489 e. The van der Waals surface area contributed by atoms with E-state index in [4.69, 9.17) is 9.47 Å². The maximum atomic E-state index is 13.2. The number of pyridine rings is 1. The van der Waals surface area contributed by atoms with Crippen LogP contribution in [0.3, 0.4) is 0 Å². The Morgan fingerprint density at radius 3 is 2.57 bits per heavy atom. The summed E-state index contributed by atoms with van der Waals surface area (Å²) in [5.41, 5.74) is -1.09. The molecule has 0 bridgehead atoms. The van der Waals surface area contributed by atoms with Gasteiger partial charge in [0, 0.05) is 24.9 Å². The molecular weight excluding hydrogens is 557 g/mol. The molecule has 13 heteroatoms. The van der Waals surface area contributed by atoms with Gasteiger partial charge in [-0.2, -0.15) is 13.2 Å². The van der Waals surface area contributed by atoms with Crippen molar-refractivity contribution in [2.24, 2.45) is 0 Å². The van der Waals surface area contributed by atoms with Crippen LogP contribution in [0.5, 0.6) is 17.2 Å². The number of fused-ring (bicyclic) bond motifs is 1. The van der Waals surface area contributed by atoms with Crippen molar-refractivity contribution in [3.05, 3.63) is 78.1 Å². The first-order valence-electron chi connectivity index (χ1n) is 12.6. The fourth-order valence-corrected chi connectivity index (χ4v) is 4.31. The van der Waals surface area contributed by atoms with E-state index in [1.165, 1.54) is 30.3 Å². The number of hydrogen-bond donors (Lipinski definition) is 2. The lowest BCUT2D eigenvalue weighted by Crippen LogP contribution is -2.65. The first-order chi connectivity index (χ1) is 19.9. The summed E-state index contributed by atoms with van der Waals surface area (Å²) in [5.74, 6) is 3.32. The summed E-state index contributed by atoms with van der Waals surface area (Å²) >= 11 is 0. The summed E-state index contributed by atoms with van der Waals surface area (Å²) in [7, 11) is 1.48. The number of amides is 3. The lowest BCUT2D eigenvalue weighted by molar-refractivity contribution is -0.198. The number of alkyl halides is 3. The smallest absolute Gasteiger partial charge is 0.471 e. The number of ether oxygens (including phenoxy) is 2. The third-order valence-electron chi connectivity index (χ3n) is 6.48. The average molecular weight is 581 g/mol. The summed E-state index contributed by atoms with van der Waals surface area (Å²) in [5, 5.41) is 13.0. The normalized spacial score (nSPS) is 17.5. The molecule has 10 nitrogen and oxygen atoms in total. The van der Waals surface area contributed by atoms with Crippen LogP contribution < -0.4 is 19.7 Å². The number of carbonyl (C=O) groups excluding carboxylic acids is 3. The van der Waals surface area contributed by atoms with Gasteiger partial charge in [0.15, 0.2) is 5.60 Å². The molecule has 0 aliphatic carbocycles. The van der Waals surface area contributed by atoms with Crippen molar-refractivity contribution >= 4 is 23.4 Å². The standard InChI is InChI=1S/C29H23F3N4O6/c1-35-23-13-18(9-11-28(40)16-36(17-28)27(39)29(30,31)32)7-8-24(23)41-15-22(26(35)38)34-25(37)21-14-20(10-12-33-21)42-19-5-3-2-4-6-19/h2-8,10,12-14,22,40H,15-17H2,1H3,(H,34,37). The Hall–Kier alpha value is -5.09. The molecule has 3 aromatic rings. The van der Waals surface area contributed by atoms with Crippen LogP contribution >= 0.6 is 0 Å². The van der Waals surface area contributed by atoms with Crippen molar-refractivity contribution in [2.45, 2.75) is 17.8 Å². The number of aliphatic hydroxyl groups is 1. The van der Waals surface area contributed by atoms with E-state index in [0.29, 0.717) is 33.4 Å². The van der Waals surface area contributed by atoms with Crippen LogP contribution in [0.25, 0.3) is 0 Å². The Bertz CT molecular complexity index is 1600. The van der Waals surface area contributed by atoms with E-state index < -0.39 is 48.6 Å². The number of nitrogens with zero attached hydrogens (tertiary/aromatic N) is 3. The fraction of sp³-hybridized carbons (Fsp3) is 0.241. The van der Waals surface area contributed by atoms with Crippen molar-refractivity contribution in [2.75, 3.05) is 31.6 Å². The summed E-state index contributed by atoms with van der Waals surface area (Å²) in [6.07, 6.45) is -3.62. The highest BCUT2D eigenvalue weighted by Crippen LogP contribution is 2.32. The van der Waals surface area contributed by atoms with Crippen LogP contribution in [0.4, 0.5) is 18.9 Å². The third kappa shape index (κ3) is 6.13. The third-order valence-corrected chi connectivity index (χ3v) is 6.48. The first kappa shape index (κ1) is 28.4. The van der Waals surface area contributed by atoms with Gasteiger partial charge in [0.05, 0.1) is 18.8 Å². The topological polar surface area (TPSA) is 121 Å². The molecule has 2 aliphatic heterocycles. The first-order valence-corrected chi connectivity index (χ1v) is 12.6. The van der Waals surface area contributed by atoms with Crippen molar-refractivity contribution in [1.29, 1.82) is 0 Å². The lowest BCUT2D eigenvalue weighted by Gasteiger charge is -2.43. The number of nitrogens with one attached hydrogen (secondary N) is 1. The van der Waals surface area contributed by atoms with Crippen LogP contribution in [0, 0.1) is 11.8 Å². The Balaban J connectivity index is 1.25. The van der Waals surface area contributed by atoms with E-state index in [1.54, 1.807) is 30.3 Å². The van der Waals surface area contributed by atoms with E-state index in [9.17, 15) is 32.7 Å². The molecule has 2 N–H and O–H groups in total. The maximum absolute atomic E-state index is 13.2. The van der Waals surface area contributed by atoms with E-state index >= 15 is 0 Å². The van der Waals surface area contributed by atoms with Gasteiger partial charge >= 0.3 is 12.1 Å². The summed E-state index contributed by atoms with van der Waals surface area (Å²) in [6.45, 7) is -1.33. The minimum atomic E-state index is -5.03. The zero-order chi connectivity index (χ0) is 30.1. The second-order valence-electron chi connectivity index (χ2n) is 9.65. The SMILES string of the molecule is CN1C(=O)C(NC(=O)c2cc(Oc3ccccc3)ccn2)COc2ccc(C#CC3(O)CN(C(=O)C(F)(F)F)C3)cc21. The number of rotatable bonds is 4.